The van der Waals surface area contributed by atoms with Gasteiger partial charge in [0.05, 0.1) is 5.69 Å². The summed E-state index contributed by atoms with van der Waals surface area (Å²) >= 11 is 0. The van der Waals surface area contributed by atoms with Crippen LogP contribution < -0.4 is 10.2 Å². The predicted octanol–water partition coefficient (Wildman–Crippen LogP) is 3.02. The first-order valence-electron chi connectivity index (χ1n) is 8.14. The average Bonchev–Trinajstić information content (AvgIpc) is 2.54. The van der Waals surface area contributed by atoms with Gasteiger partial charge in [-0.15, -0.1) is 0 Å². The molecule has 0 spiro atoms. The molecule has 0 radical (unpaired) electrons. The van der Waals surface area contributed by atoms with E-state index in [2.05, 4.69) is 5.32 Å². The topological polar surface area (TPSA) is 49.4 Å². The molecule has 0 fully saturated rings. The summed E-state index contributed by atoms with van der Waals surface area (Å²) in [6.45, 7) is 5.98. The van der Waals surface area contributed by atoms with Crippen molar-refractivity contribution in [1.82, 2.24) is 5.32 Å². The van der Waals surface area contributed by atoms with Gasteiger partial charge < -0.3 is 10.2 Å². The summed E-state index contributed by atoms with van der Waals surface area (Å²) in [6.07, 6.45) is 0.774. The second-order valence-corrected chi connectivity index (χ2v) is 5.93. The summed E-state index contributed by atoms with van der Waals surface area (Å²) in [6, 6.07) is 15.8. The van der Waals surface area contributed by atoms with Crippen LogP contribution in [-0.4, -0.2) is 24.9 Å². The fourth-order valence-electron chi connectivity index (χ4n) is 2.77. The zero-order valence-corrected chi connectivity index (χ0v) is 14.5. The van der Waals surface area contributed by atoms with E-state index < -0.39 is 0 Å². The minimum Gasteiger partial charge on any atom is -0.354 e. The molecule has 0 aliphatic heterocycles. The zero-order chi connectivity index (χ0) is 17.5. The first-order valence-corrected chi connectivity index (χ1v) is 8.14. The first-order chi connectivity index (χ1) is 11.5. The number of aryl methyl sites for hydroxylation is 2. The fraction of sp³-hybridized carbons (Fsp3) is 0.300. The third kappa shape index (κ3) is 4.69. The van der Waals surface area contributed by atoms with Gasteiger partial charge in [-0.2, -0.15) is 0 Å². The summed E-state index contributed by atoms with van der Waals surface area (Å²) in [5.41, 5.74) is 3.98. The Morgan fingerprint density at radius 1 is 0.958 bits per heavy atom. The highest BCUT2D eigenvalue weighted by atomic mass is 16.2. The van der Waals surface area contributed by atoms with Gasteiger partial charge in [-0.05, 0) is 37.0 Å². The van der Waals surface area contributed by atoms with Crippen LogP contribution in [0.5, 0.6) is 0 Å². The zero-order valence-electron chi connectivity index (χ0n) is 14.5. The van der Waals surface area contributed by atoms with Crippen LogP contribution in [-0.2, 0) is 16.0 Å². The number of benzene rings is 2. The molecule has 4 heteroatoms. The molecule has 0 unspecified atom stereocenters. The fourth-order valence-corrected chi connectivity index (χ4v) is 2.77. The van der Waals surface area contributed by atoms with Crippen LogP contribution in [0.25, 0.3) is 0 Å². The van der Waals surface area contributed by atoms with Crippen LogP contribution in [0.1, 0.15) is 23.6 Å². The Morgan fingerprint density at radius 3 is 2.17 bits per heavy atom. The normalized spacial score (nSPS) is 10.3. The lowest BCUT2D eigenvalue weighted by atomic mass is 10.1. The third-order valence-corrected chi connectivity index (χ3v) is 3.97. The van der Waals surface area contributed by atoms with Gasteiger partial charge >= 0.3 is 0 Å². The largest absolute Gasteiger partial charge is 0.354 e. The Kier molecular flexibility index (Phi) is 6.13. The van der Waals surface area contributed by atoms with Crippen LogP contribution in [0.15, 0.2) is 48.5 Å². The molecule has 0 atom stereocenters. The Balaban J connectivity index is 1.98. The van der Waals surface area contributed by atoms with Gasteiger partial charge in [0.15, 0.2) is 0 Å². The van der Waals surface area contributed by atoms with E-state index in [0.717, 1.165) is 23.2 Å². The van der Waals surface area contributed by atoms with E-state index >= 15 is 0 Å². The molecule has 1 N–H and O–H groups in total. The maximum Gasteiger partial charge on any atom is 0.240 e. The van der Waals surface area contributed by atoms with Crippen molar-refractivity contribution in [2.75, 3.05) is 18.0 Å². The number of hydrogen-bond acceptors (Lipinski definition) is 2. The van der Waals surface area contributed by atoms with Crippen molar-refractivity contribution in [3.8, 4) is 0 Å². The number of amides is 2. The van der Waals surface area contributed by atoms with Crippen LogP contribution in [0.2, 0.25) is 0 Å². The van der Waals surface area contributed by atoms with Gasteiger partial charge in [0, 0.05) is 13.5 Å². The van der Waals surface area contributed by atoms with Gasteiger partial charge in [0.2, 0.25) is 11.8 Å². The molecule has 0 aliphatic rings. The lowest BCUT2D eigenvalue weighted by Crippen LogP contribution is -2.41. The van der Waals surface area contributed by atoms with Crippen molar-refractivity contribution in [3.05, 3.63) is 65.2 Å². The Hall–Kier alpha value is -2.62. The number of nitrogens with one attached hydrogen (secondary N) is 1. The highest BCUT2D eigenvalue weighted by Crippen LogP contribution is 2.24. The summed E-state index contributed by atoms with van der Waals surface area (Å²) in [5.74, 6) is -0.283. The standard InChI is InChI=1S/C20H24N2O2/c1-15-8-7-9-16(2)20(15)22(17(3)23)14-19(24)21-13-12-18-10-5-4-6-11-18/h4-11H,12-14H2,1-3H3,(H,21,24). The number of carbonyl (C=O) groups excluding carboxylic acids is 2. The molecule has 2 amide bonds. The van der Waals surface area contributed by atoms with Gasteiger partial charge in [0.25, 0.3) is 0 Å². The molecule has 2 aromatic rings. The molecule has 2 rings (SSSR count). The molecule has 126 valence electrons. The molecular formula is C20H24N2O2. The van der Waals surface area contributed by atoms with Crippen LogP contribution >= 0.6 is 0 Å². The quantitative estimate of drug-likeness (QED) is 0.888. The maximum absolute atomic E-state index is 12.2. The van der Waals surface area contributed by atoms with E-state index in [-0.39, 0.29) is 18.4 Å². The van der Waals surface area contributed by atoms with E-state index in [1.54, 1.807) is 4.90 Å². The Morgan fingerprint density at radius 2 is 1.58 bits per heavy atom. The Labute approximate surface area is 143 Å². The minimum atomic E-state index is -0.149. The molecule has 4 nitrogen and oxygen atoms in total. The summed E-state index contributed by atoms with van der Waals surface area (Å²) in [7, 11) is 0. The van der Waals surface area contributed by atoms with Crippen LogP contribution in [0, 0.1) is 13.8 Å². The predicted molar refractivity (Wildman–Crippen MR) is 97.1 cm³/mol. The summed E-state index contributed by atoms with van der Waals surface area (Å²) in [4.78, 5) is 25.8. The number of rotatable bonds is 6. The van der Waals surface area contributed by atoms with E-state index in [4.69, 9.17) is 0 Å². The summed E-state index contributed by atoms with van der Waals surface area (Å²) < 4.78 is 0. The highest BCUT2D eigenvalue weighted by Gasteiger charge is 2.19. The van der Waals surface area contributed by atoms with Crippen LogP contribution in [0.4, 0.5) is 5.69 Å². The SMILES string of the molecule is CC(=O)N(CC(=O)NCCc1ccccc1)c1c(C)cccc1C. The number of para-hydroxylation sites is 1. The monoisotopic (exact) mass is 324 g/mol. The van der Waals surface area contributed by atoms with Gasteiger partial charge in [-0.25, -0.2) is 0 Å². The van der Waals surface area contributed by atoms with Gasteiger partial charge in [-0.1, -0.05) is 48.5 Å². The van der Waals surface area contributed by atoms with Crippen LogP contribution in [0.3, 0.4) is 0 Å². The van der Waals surface area contributed by atoms with E-state index in [1.165, 1.54) is 12.5 Å². The van der Waals surface area contributed by atoms with Crippen molar-refractivity contribution >= 4 is 17.5 Å². The van der Waals surface area contributed by atoms with Crippen molar-refractivity contribution in [2.24, 2.45) is 0 Å². The molecule has 0 aromatic heterocycles. The molecule has 0 aliphatic carbocycles. The number of anilines is 1. The minimum absolute atomic E-state index is 0.0375. The number of carbonyl (C=O) groups is 2. The smallest absolute Gasteiger partial charge is 0.240 e. The molecule has 0 saturated heterocycles. The van der Waals surface area contributed by atoms with Gasteiger partial charge in [-0.3, -0.25) is 9.59 Å². The molecule has 24 heavy (non-hydrogen) atoms. The molecular weight excluding hydrogens is 300 g/mol. The average molecular weight is 324 g/mol. The number of hydrogen-bond donors (Lipinski definition) is 1. The highest BCUT2D eigenvalue weighted by molar-refractivity contribution is 5.98. The molecule has 0 heterocycles. The van der Waals surface area contributed by atoms with Crippen molar-refractivity contribution in [3.63, 3.8) is 0 Å². The lowest BCUT2D eigenvalue weighted by Gasteiger charge is -2.24. The van der Waals surface area contributed by atoms with E-state index in [0.29, 0.717) is 6.54 Å². The lowest BCUT2D eigenvalue weighted by molar-refractivity contribution is -0.123. The Bertz CT molecular complexity index is 691. The number of nitrogens with zero attached hydrogens (tertiary/aromatic N) is 1. The van der Waals surface area contributed by atoms with E-state index in [1.807, 2.05) is 62.4 Å². The maximum atomic E-state index is 12.2. The molecule has 2 aromatic carbocycles. The van der Waals surface area contributed by atoms with Crippen molar-refractivity contribution in [2.45, 2.75) is 27.2 Å². The molecule has 0 saturated carbocycles. The first kappa shape index (κ1) is 17.7. The van der Waals surface area contributed by atoms with E-state index in [9.17, 15) is 9.59 Å². The van der Waals surface area contributed by atoms with Gasteiger partial charge in [0.1, 0.15) is 6.54 Å². The second-order valence-electron chi connectivity index (χ2n) is 5.93. The third-order valence-electron chi connectivity index (χ3n) is 3.97. The summed E-state index contributed by atoms with van der Waals surface area (Å²) in [5, 5.41) is 2.89. The second kappa shape index (κ2) is 8.29. The van der Waals surface area contributed by atoms with Crippen molar-refractivity contribution < 1.29 is 9.59 Å². The molecule has 0 bridgehead atoms. The van der Waals surface area contributed by atoms with Crippen molar-refractivity contribution in [1.29, 1.82) is 0 Å².